The van der Waals surface area contributed by atoms with Crippen molar-refractivity contribution in [2.45, 2.75) is 33.0 Å². The highest BCUT2D eigenvalue weighted by Gasteiger charge is 2.13. The highest BCUT2D eigenvalue weighted by molar-refractivity contribution is 5.33. The molecule has 0 aliphatic heterocycles. The van der Waals surface area contributed by atoms with Crippen molar-refractivity contribution < 1.29 is 4.39 Å². The van der Waals surface area contributed by atoms with Crippen LogP contribution >= 0.6 is 0 Å². The van der Waals surface area contributed by atoms with Gasteiger partial charge in [0, 0.05) is 24.7 Å². The van der Waals surface area contributed by atoms with Gasteiger partial charge < -0.3 is 0 Å². The van der Waals surface area contributed by atoms with Gasteiger partial charge in [0.1, 0.15) is 5.82 Å². The quantitative estimate of drug-likeness (QED) is 0.825. The van der Waals surface area contributed by atoms with E-state index in [1.165, 1.54) is 11.6 Å². The topological polar surface area (TPSA) is 27.0 Å². The zero-order valence-corrected chi connectivity index (χ0v) is 12.4. The van der Waals surface area contributed by atoms with E-state index in [4.69, 9.17) is 5.26 Å². The van der Waals surface area contributed by atoms with Gasteiger partial charge in [-0.15, -0.1) is 0 Å². The van der Waals surface area contributed by atoms with Gasteiger partial charge in [-0.05, 0) is 31.5 Å². The van der Waals surface area contributed by atoms with Crippen molar-refractivity contribution in [3.8, 4) is 6.07 Å². The Morgan fingerprint density at radius 3 is 2.38 bits per heavy atom. The monoisotopic (exact) mass is 282 g/mol. The van der Waals surface area contributed by atoms with E-state index in [2.05, 4.69) is 30.9 Å². The van der Waals surface area contributed by atoms with Gasteiger partial charge in [0.2, 0.25) is 0 Å². The maximum atomic E-state index is 14.0. The molecule has 2 aromatic carbocycles. The van der Waals surface area contributed by atoms with E-state index in [9.17, 15) is 4.39 Å². The Morgan fingerprint density at radius 2 is 1.81 bits per heavy atom. The summed E-state index contributed by atoms with van der Waals surface area (Å²) >= 11 is 0. The van der Waals surface area contributed by atoms with E-state index < -0.39 is 0 Å². The molecule has 0 heterocycles. The molecule has 0 saturated carbocycles. The first-order chi connectivity index (χ1) is 10.1. The molecule has 0 N–H and O–H groups in total. The molecule has 108 valence electrons. The summed E-state index contributed by atoms with van der Waals surface area (Å²) < 4.78 is 14.0. The molecule has 0 amide bonds. The van der Waals surface area contributed by atoms with Crippen LogP contribution in [0, 0.1) is 17.1 Å². The molecule has 3 heteroatoms. The second-order valence-electron chi connectivity index (χ2n) is 5.40. The number of halogens is 1. The fourth-order valence-electron chi connectivity index (χ4n) is 2.20. The van der Waals surface area contributed by atoms with E-state index in [0.717, 1.165) is 6.54 Å². The second kappa shape index (κ2) is 7.01. The molecular weight excluding hydrogens is 263 g/mol. The molecule has 0 spiro atoms. The van der Waals surface area contributed by atoms with Crippen molar-refractivity contribution in [2.75, 3.05) is 0 Å². The molecular formula is C18H19FN2. The molecule has 2 nitrogen and oxygen atoms in total. The Kier molecular flexibility index (Phi) is 5.08. The minimum Gasteiger partial charge on any atom is -0.292 e. The molecule has 0 aliphatic rings. The predicted octanol–water partition coefficient (Wildman–Crippen LogP) is 4.11. The Hall–Kier alpha value is -2.18. The Bertz CT molecular complexity index is 629. The average Bonchev–Trinajstić information content (AvgIpc) is 2.49. The van der Waals surface area contributed by atoms with Gasteiger partial charge in [-0.3, -0.25) is 4.90 Å². The van der Waals surface area contributed by atoms with Crippen LogP contribution in [0.2, 0.25) is 0 Å². The van der Waals surface area contributed by atoms with Crippen LogP contribution in [-0.4, -0.2) is 10.9 Å². The smallest absolute Gasteiger partial charge is 0.129 e. The van der Waals surface area contributed by atoms with E-state index in [-0.39, 0.29) is 5.82 Å². The number of nitriles is 1. The Balaban J connectivity index is 2.15. The first kappa shape index (κ1) is 15.2. The van der Waals surface area contributed by atoms with Crippen molar-refractivity contribution in [1.82, 2.24) is 4.90 Å². The van der Waals surface area contributed by atoms with Crippen molar-refractivity contribution in [3.05, 3.63) is 71.0 Å². The summed E-state index contributed by atoms with van der Waals surface area (Å²) in [5.74, 6) is -0.312. The molecule has 0 fully saturated rings. The maximum Gasteiger partial charge on any atom is 0.129 e. The standard InChI is InChI=1S/C18H19FN2/c1-14(2)21(12-15-6-4-3-5-7-15)13-17-9-8-16(11-20)10-18(17)19/h3-10,14H,12-13H2,1-2H3. The van der Waals surface area contributed by atoms with E-state index in [1.807, 2.05) is 24.3 Å². The van der Waals surface area contributed by atoms with Gasteiger partial charge in [-0.25, -0.2) is 4.39 Å². The summed E-state index contributed by atoms with van der Waals surface area (Å²) in [5.41, 5.74) is 2.19. The van der Waals surface area contributed by atoms with Gasteiger partial charge in [0.25, 0.3) is 0 Å². The van der Waals surface area contributed by atoms with Crippen LogP contribution in [0.5, 0.6) is 0 Å². The molecule has 0 aliphatic carbocycles. The molecule has 0 radical (unpaired) electrons. The van der Waals surface area contributed by atoms with Gasteiger partial charge >= 0.3 is 0 Å². The zero-order chi connectivity index (χ0) is 15.2. The lowest BCUT2D eigenvalue weighted by molar-refractivity contribution is 0.201. The van der Waals surface area contributed by atoms with Gasteiger partial charge in [-0.1, -0.05) is 36.4 Å². The van der Waals surface area contributed by atoms with Crippen LogP contribution < -0.4 is 0 Å². The largest absolute Gasteiger partial charge is 0.292 e. The Morgan fingerprint density at radius 1 is 1.10 bits per heavy atom. The van der Waals surface area contributed by atoms with Crippen LogP contribution in [-0.2, 0) is 13.1 Å². The van der Waals surface area contributed by atoms with Gasteiger partial charge in [-0.2, -0.15) is 5.26 Å². The SMILES string of the molecule is CC(C)N(Cc1ccccc1)Cc1ccc(C#N)cc1F. The lowest BCUT2D eigenvalue weighted by atomic mass is 10.1. The average molecular weight is 282 g/mol. The summed E-state index contributed by atoms with van der Waals surface area (Å²) in [5, 5.41) is 8.79. The predicted molar refractivity (Wildman–Crippen MR) is 81.9 cm³/mol. The van der Waals surface area contributed by atoms with Crippen LogP contribution in [0.4, 0.5) is 4.39 Å². The highest BCUT2D eigenvalue weighted by atomic mass is 19.1. The normalized spacial score (nSPS) is 10.9. The molecule has 2 rings (SSSR count). The minimum absolute atomic E-state index is 0.306. The lowest BCUT2D eigenvalue weighted by Crippen LogP contribution is -2.30. The van der Waals surface area contributed by atoms with Crippen molar-refractivity contribution in [3.63, 3.8) is 0 Å². The third-order valence-corrected chi connectivity index (χ3v) is 3.51. The molecule has 0 saturated heterocycles. The highest BCUT2D eigenvalue weighted by Crippen LogP contribution is 2.16. The van der Waals surface area contributed by atoms with E-state index in [0.29, 0.717) is 23.7 Å². The lowest BCUT2D eigenvalue weighted by Gasteiger charge is -2.27. The third kappa shape index (κ3) is 4.14. The molecule has 2 aromatic rings. The summed E-state index contributed by atoms with van der Waals surface area (Å²) in [6, 6.07) is 17.1. The first-order valence-corrected chi connectivity index (χ1v) is 7.06. The number of nitrogens with zero attached hydrogens (tertiary/aromatic N) is 2. The third-order valence-electron chi connectivity index (χ3n) is 3.51. The zero-order valence-electron chi connectivity index (χ0n) is 12.4. The number of hydrogen-bond donors (Lipinski definition) is 0. The summed E-state index contributed by atoms with van der Waals surface area (Å²) in [7, 11) is 0. The fraction of sp³-hybridized carbons (Fsp3) is 0.278. The summed E-state index contributed by atoms with van der Waals surface area (Å²) in [4.78, 5) is 2.21. The number of hydrogen-bond acceptors (Lipinski definition) is 2. The first-order valence-electron chi connectivity index (χ1n) is 7.06. The Labute approximate surface area is 125 Å². The number of benzene rings is 2. The summed E-state index contributed by atoms with van der Waals surface area (Å²) in [6.45, 7) is 5.51. The van der Waals surface area contributed by atoms with Crippen molar-refractivity contribution in [1.29, 1.82) is 5.26 Å². The second-order valence-corrected chi connectivity index (χ2v) is 5.40. The van der Waals surface area contributed by atoms with Crippen LogP contribution in [0.1, 0.15) is 30.5 Å². The molecule has 0 aromatic heterocycles. The molecule has 0 unspecified atom stereocenters. The maximum absolute atomic E-state index is 14.0. The minimum atomic E-state index is -0.312. The van der Waals surface area contributed by atoms with Crippen LogP contribution in [0.3, 0.4) is 0 Å². The van der Waals surface area contributed by atoms with E-state index >= 15 is 0 Å². The fourth-order valence-corrected chi connectivity index (χ4v) is 2.20. The van der Waals surface area contributed by atoms with Crippen molar-refractivity contribution in [2.24, 2.45) is 0 Å². The molecule has 0 atom stereocenters. The summed E-state index contributed by atoms with van der Waals surface area (Å²) in [6.07, 6.45) is 0. The van der Waals surface area contributed by atoms with Gasteiger partial charge in [0.15, 0.2) is 0 Å². The molecule has 21 heavy (non-hydrogen) atoms. The molecule has 0 bridgehead atoms. The number of rotatable bonds is 5. The van der Waals surface area contributed by atoms with Crippen LogP contribution in [0.25, 0.3) is 0 Å². The van der Waals surface area contributed by atoms with Crippen molar-refractivity contribution >= 4 is 0 Å². The van der Waals surface area contributed by atoms with Gasteiger partial charge in [0.05, 0.1) is 11.6 Å². The van der Waals surface area contributed by atoms with Crippen LogP contribution in [0.15, 0.2) is 48.5 Å². The van der Waals surface area contributed by atoms with E-state index in [1.54, 1.807) is 12.1 Å².